The van der Waals surface area contributed by atoms with E-state index in [0.717, 1.165) is 22.7 Å². The molecule has 0 atom stereocenters. The Bertz CT molecular complexity index is 1670. The number of rotatable bonds is 2. The number of nitrogens with zero attached hydrogens (tertiary/aromatic N) is 4. The summed E-state index contributed by atoms with van der Waals surface area (Å²) >= 11 is 0. The second-order valence-corrected chi connectivity index (χ2v) is 9.15. The summed E-state index contributed by atoms with van der Waals surface area (Å²) in [5, 5.41) is 2.45. The molecule has 0 aliphatic carbocycles. The Morgan fingerprint density at radius 3 is 2.21 bits per heavy atom. The van der Waals surface area contributed by atoms with Crippen molar-refractivity contribution in [1.82, 2.24) is 19.1 Å². The fourth-order valence-corrected chi connectivity index (χ4v) is 5.64. The molecule has 4 aromatic heterocycles. The van der Waals surface area contributed by atoms with E-state index in [1.165, 1.54) is 33.2 Å². The lowest BCUT2D eigenvalue weighted by Gasteiger charge is -2.20. The van der Waals surface area contributed by atoms with Gasteiger partial charge < -0.3 is 4.57 Å². The average Bonchev–Trinajstić information content (AvgIpc) is 3.45. The number of para-hydroxylation sites is 2. The van der Waals surface area contributed by atoms with Gasteiger partial charge in [-0.25, -0.2) is 4.98 Å². The molecule has 6 aromatic rings. The minimum absolute atomic E-state index is 0.178. The first kappa shape index (κ1) is 18.4. The van der Waals surface area contributed by atoms with Crippen LogP contribution in [0.5, 0.6) is 0 Å². The van der Waals surface area contributed by atoms with Gasteiger partial charge in [-0.3, -0.25) is 9.55 Å². The predicted molar refractivity (Wildman–Crippen MR) is 133 cm³/mol. The zero-order valence-corrected chi connectivity index (χ0v) is 18.5. The fourth-order valence-electron chi connectivity index (χ4n) is 5.64. The molecule has 4 nitrogen and oxygen atoms in total. The van der Waals surface area contributed by atoms with Crippen molar-refractivity contribution >= 4 is 21.8 Å². The Hall–Kier alpha value is -4.18. The van der Waals surface area contributed by atoms with Gasteiger partial charge in [0.1, 0.15) is 5.82 Å². The number of hydrogen-bond donors (Lipinski definition) is 0. The standard InChI is InChI=1S/C29H22N4/c1-29(2)20-12-4-6-15-23(20)33-26(21-13-7-9-17-30-21)25-19-11-3-5-14-22(19)32(27(25)28(29)33)24-16-8-10-18-31-24/h3-18H,1-2H3. The molecule has 0 saturated carbocycles. The molecule has 7 rings (SSSR count). The lowest BCUT2D eigenvalue weighted by molar-refractivity contribution is 0.646. The van der Waals surface area contributed by atoms with Crippen LogP contribution in [0.4, 0.5) is 0 Å². The number of aromatic nitrogens is 4. The maximum Gasteiger partial charge on any atom is 0.137 e. The van der Waals surface area contributed by atoms with Crippen molar-refractivity contribution < 1.29 is 0 Å². The minimum atomic E-state index is -0.178. The van der Waals surface area contributed by atoms with Crippen LogP contribution in [0.15, 0.2) is 97.3 Å². The van der Waals surface area contributed by atoms with Gasteiger partial charge in [0.2, 0.25) is 0 Å². The van der Waals surface area contributed by atoms with Crippen molar-refractivity contribution in [2.24, 2.45) is 0 Å². The van der Waals surface area contributed by atoms with Crippen molar-refractivity contribution in [3.8, 4) is 22.9 Å². The Kier molecular flexibility index (Phi) is 3.58. The van der Waals surface area contributed by atoms with Gasteiger partial charge in [0.25, 0.3) is 0 Å². The van der Waals surface area contributed by atoms with Crippen molar-refractivity contribution in [3.05, 3.63) is 109 Å². The molecule has 33 heavy (non-hydrogen) atoms. The zero-order chi connectivity index (χ0) is 22.2. The molecule has 4 heteroatoms. The maximum atomic E-state index is 4.81. The molecule has 0 unspecified atom stereocenters. The second-order valence-electron chi connectivity index (χ2n) is 9.15. The molecule has 0 bridgehead atoms. The van der Waals surface area contributed by atoms with E-state index in [2.05, 4.69) is 95.8 Å². The Labute approximate surface area is 191 Å². The van der Waals surface area contributed by atoms with E-state index in [1.807, 2.05) is 24.5 Å². The molecule has 2 aromatic carbocycles. The largest absolute Gasteiger partial charge is 0.308 e. The van der Waals surface area contributed by atoms with Gasteiger partial charge in [-0.15, -0.1) is 0 Å². The van der Waals surface area contributed by atoms with Gasteiger partial charge in [0.15, 0.2) is 0 Å². The first-order valence-electron chi connectivity index (χ1n) is 11.3. The van der Waals surface area contributed by atoms with Crippen molar-refractivity contribution in [3.63, 3.8) is 0 Å². The highest BCUT2D eigenvalue weighted by Crippen LogP contribution is 2.53. The van der Waals surface area contributed by atoms with Crippen molar-refractivity contribution in [2.45, 2.75) is 19.3 Å². The highest BCUT2D eigenvalue weighted by atomic mass is 15.1. The summed E-state index contributed by atoms with van der Waals surface area (Å²) in [6, 6.07) is 29.7. The van der Waals surface area contributed by atoms with Crippen LogP contribution in [-0.2, 0) is 5.41 Å². The van der Waals surface area contributed by atoms with Crippen LogP contribution in [0.3, 0.4) is 0 Å². The third-order valence-corrected chi connectivity index (χ3v) is 6.98. The SMILES string of the molecule is CC1(C)c2ccccc2-n2c(-c3ccccn3)c3c4ccccc4n(-c4ccccn4)c3c21. The maximum absolute atomic E-state index is 4.81. The number of pyridine rings is 2. The molecule has 0 fully saturated rings. The molecule has 1 aliphatic rings. The first-order valence-corrected chi connectivity index (χ1v) is 11.3. The van der Waals surface area contributed by atoms with Crippen LogP contribution in [0, 0.1) is 0 Å². The quantitative estimate of drug-likeness (QED) is 0.310. The summed E-state index contributed by atoms with van der Waals surface area (Å²) in [5.74, 6) is 0.927. The summed E-state index contributed by atoms with van der Waals surface area (Å²) in [4.78, 5) is 9.58. The van der Waals surface area contributed by atoms with Gasteiger partial charge in [-0.05, 0) is 42.0 Å². The van der Waals surface area contributed by atoms with Gasteiger partial charge in [-0.2, -0.15) is 0 Å². The van der Waals surface area contributed by atoms with E-state index in [4.69, 9.17) is 9.97 Å². The van der Waals surface area contributed by atoms with Crippen LogP contribution in [0.2, 0.25) is 0 Å². The molecule has 158 valence electrons. The topological polar surface area (TPSA) is 35.6 Å². The molecule has 0 saturated heterocycles. The number of hydrogen-bond acceptors (Lipinski definition) is 2. The molecular formula is C29H22N4. The molecular weight excluding hydrogens is 404 g/mol. The summed E-state index contributed by atoms with van der Waals surface area (Å²) < 4.78 is 4.77. The van der Waals surface area contributed by atoms with Gasteiger partial charge in [-0.1, -0.05) is 62.4 Å². The fraction of sp³-hybridized carbons (Fsp3) is 0.103. The lowest BCUT2D eigenvalue weighted by atomic mass is 9.83. The molecule has 0 amide bonds. The Balaban J connectivity index is 1.78. The third kappa shape index (κ3) is 2.30. The molecule has 1 aliphatic heterocycles. The summed E-state index contributed by atoms with van der Waals surface area (Å²) in [5.41, 5.74) is 8.15. The van der Waals surface area contributed by atoms with Crippen LogP contribution in [0.1, 0.15) is 25.1 Å². The summed E-state index contributed by atoms with van der Waals surface area (Å²) in [6.07, 6.45) is 3.75. The number of benzene rings is 2. The normalized spacial score (nSPS) is 14.0. The zero-order valence-electron chi connectivity index (χ0n) is 18.5. The Morgan fingerprint density at radius 2 is 1.42 bits per heavy atom. The van der Waals surface area contributed by atoms with E-state index < -0.39 is 0 Å². The van der Waals surface area contributed by atoms with E-state index in [1.54, 1.807) is 0 Å². The van der Waals surface area contributed by atoms with Crippen LogP contribution in [0.25, 0.3) is 44.7 Å². The third-order valence-electron chi connectivity index (χ3n) is 6.98. The van der Waals surface area contributed by atoms with Crippen LogP contribution < -0.4 is 0 Å². The van der Waals surface area contributed by atoms with E-state index in [9.17, 15) is 0 Å². The van der Waals surface area contributed by atoms with E-state index >= 15 is 0 Å². The highest BCUT2D eigenvalue weighted by molar-refractivity contribution is 6.17. The van der Waals surface area contributed by atoms with Gasteiger partial charge in [0, 0.05) is 28.6 Å². The average molecular weight is 427 g/mol. The van der Waals surface area contributed by atoms with Crippen molar-refractivity contribution in [1.29, 1.82) is 0 Å². The smallest absolute Gasteiger partial charge is 0.137 e. The minimum Gasteiger partial charge on any atom is -0.308 e. The molecule has 5 heterocycles. The monoisotopic (exact) mass is 426 g/mol. The first-order chi connectivity index (χ1) is 16.2. The van der Waals surface area contributed by atoms with Crippen LogP contribution >= 0.6 is 0 Å². The predicted octanol–water partition coefficient (Wildman–Crippen LogP) is 6.67. The van der Waals surface area contributed by atoms with Crippen LogP contribution in [-0.4, -0.2) is 19.1 Å². The molecule has 0 radical (unpaired) electrons. The van der Waals surface area contributed by atoms with Gasteiger partial charge >= 0.3 is 0 Å². The van der Waals surface area contributed by atoms with E-state index in [-0.39, 0.29) is 5.41 Å². The summed E-state index contributed by atoms with van der Waals surface area (Å²) in [6.45, 7) is 4.65. The lowest BCUT2D eigenvalue weighted by Crippen LogP contribution is -2.17. The molecule has 0 spiro atoms. The Morgan fingerprint density at radius 1 is 0.697 bits per heavy atom. The molecule has 0 N–H and O–H groups in total. The van der Waals surface area contributed by atoms with Crippen molar-refractivity contribution in [2.75, 3.05) is 0 Å². The number of fused-ring (bicyclic) bond motifs is 7. The van der Waals surface area contributed by atoms with Gasteiger partial charge in [0.05, 0.1) is 33.8 Å². The summed E-state index contributed by atoms with van der Waals surface area (Å²) in [7, 11) is 0. The highest BCUT2D eigenvalue weighted by Gasteiger charge is 2.42. The van der Waals surface area contributed by atoms with E-state index in [0.29, 0.717) is 0 Å². The second kappa shape index (κ2) is 6.42.